The van der Waals surface area contributed by atoms with E-state index in [4.69, 9.17) is 0 Å². The first kappa shape index (κ1) is 14.5. The van der Waals surface area contributed by atoms with E-state index in [1.807, 2.05) is 0 Å². The van der Waals surface area contributed by atoms with Gasteiger partial charge in [0.15, 0.2) is 0 Å². The Morgan fingerprint density at radius 3 is 2.48 bits per heavy atom. The highest BCUT2D eigenvalue weighted by molar-refractivity contribution is 5.11. The highest BCUT2D eigenvalue weighted by Crippen LogP contribution is 2.65. The lowest BCUT2D eigenvalue weighted by Crippen LogP contribution is -2.53. The molecule has 0 aromatic carbocycles. The van der Waals surface area contributed by atoms with Gasteiger partial charge in [0.05, 0.1) is 5.60 Å². The van der Waals surface area contributed by atoms with Crippen molar-refractivity contribution in [1.29, 1.82) is 0 Å². The predicted molar refractivity (Wildman–Crippen MR) is 87.0 cm³/mol. The summed E-state index contributed by atoms with van der Waals surface area (Å²) in [6, 6.07) is 0. The summed E-state index contributed by atoms with van der Waals surface area (Å²) in [5.41, 5.74) is -0.129. The van der Waals surface area contributed by atoms with Gasteiger partial charge in [-0.05, 0) is 86.4 Å². The predicted octanol–water partition coefficient (Wildman–Crippen LogP) is 5.17. The van der Waals surface area contributed by atoms with Crippen molar-refractivity contribution in [2.75, 3.05) is 0 Å². The van der Waals surface area contributed by atoms with Gasteiger partial charge in [0.2, 0.25) is 0 Å². The molecule has 4 rings (SSSR count). The molecular weight excluding hydrogens is 256 g/mol. The second-order valence-corrected chi connectivity index (χ2v) is 9.10. The molecule has 0 aliphatic heterocycles. The van der Waals surface area contributed by atoms with Crippen LogP contribution in [0, 0.1) is 35.0 Å². The van der Waals surface area contributed by atoms with Crippen molar-refractivity contribution in [2.45, 2.75) is 90.1 Å². The molecule has 0 spiro atoms. The van der Waals surface area contributed by atoms with Gasteiger partial charge in [-0.1, -0.05) is 33.1 Å². The summed E-state index contributed by atoms with van der Waals surface area (Å²) in [6.07, 6.45) is 15.1. The largest absolute Gasteiger partial charge is 0.389 e. The van der Waals surface area contributed by atoms with Crippen molar-refractivity contribution in [3.63, 3.8) is 0 Å². The third-order valence-electron chi connectivity index (χ3n) is 8.79. The summed E-state index contributed by atoms with van der Waals surface area (Å²) in [7, 11) is 0. The van der Waals surface area contributed by atoms with Gasteiger partial charge in [-0.2, -0.15) is 0 Å². The van der Waals surface area contributed by atoms with E-state index in [0.717, 1.165) is 42.4 Å². The average Bonchev–Trinajstić information content (AvgIpc) is 2.79. The number of hydrogen-bond acceptors (Lipinski definition) is 1. The standard InChI is InChI=1S/C20H34O/c1-3-20(21)13-11-18-17-9-8-14-6-4-5-7-15(14)16(17)10-12-19(18,20)2/h14-18,21H,3-13H2,1-2H3/t14?,15-,16+,17+,18-,19-,20-/m0/s1. The van der Waals surface area contributed by atoms with E-state index in [0.29, 0.717) is 0 Å². The molecule has 0 bridgehead atoms. The second kappa shape index (κ2) is 4.98. The Morgan fingerprint density at radius 1 is 0.857 bits per heavy atom. The molecule has 0 amide bonds. The minimum absolute atomic E-state index is 0.227. The molecule has 4 fully saturated rings. The van der Waals surface area contributed by atoms with Gasteiger partial charge in [-0.3, -0.25) is 0 Å². The van der Waals surface area contributed by atoms with Crippen LogP contribution >= 0.6 is 0 Å². The van der Waals surface area contributed by atoms with Crippen LogP contribution in [0.15, 0.2) is 0 Å². The zero-order valence-electron chi connectivity index (χ0n) is 14.1. The van der Waals surface area contributed by atoms with Crippen LogP contribution in [0.2, 0.25) is 0 Å². The van der Waals surface area contributed by atoms with Gasteiger partial charge >= 0.3 is 0 Å². The van der Waals surface area contributed by atoms with E-state index >= 15 is 0 Å². The van der Waals surface area contributed by atoms with Crippen LogP contribution in [-0.4, -0.2) is 10.7 Å². The van der Waals surface area contributed by atoms with Crippen LogP contribution in [0.1, 0.15) is 84.5 Å². The Morgan fingerprint density at radius 2 is 1.67 bits per heavy atom. The monoisotopic (exact) mass is 290 g/mol. The van der Waals surface area contributed by atoms with E-state index in [2.05, 4.69) is 13.8 Å². The maximum absolute atomic E-state index is 11.2. The van der Waals surface area contributed by atoms with Crippen molar-refractivity contribution in [3.05, 3.63) is 0 Å². The lowest BCUT2D eigenvalue weighted by Gasteiger charge is -2.57. The quantitative estimate of drug-likeness (QED) is 0.706. The van der Waals surface area contributed by atoms with Gasteiger partial charge in [-0.25, -0.2) is 0 Å². The number of aliphatic hydroxyl groups is 1. The van der Waals surface area contributed by atoms with Crippen LogP contribution in [0.25, 0.3) is 0 Å². The SMILES string of the molecule is CC[C@]1(O)CC[C@H]2[C@@H]3CCC4CCCC[C@@H]4[C@H]3CC[C@@]21C. The third kappa shape index (κ3) is 1.92. The van der Waals surface area contributed by atoms with Crippen molar-refractivity contribution >= 4 is 0 Å². The number of fused-ring (bicyclic) bond motifs is 5. The molecule has 0 aromatic heterocycles. The maximum Gasteiger partial charge on any atom is 0.0701 e. The number of hydrogen-bond donors (Lipinski definition) is 1. The highest BCUT2D eigenvalue weighted by atomic mass is 16.3. The summed E-state index contributed by atoms with van der Waals surface area (Å²) < 4.78 is 0. The normalized spacial score (nSPS) is 56.4. The molecule has 1 nitrogen and oxygen atoms in total. The molecule has 4 aliphatic rings. The smallest absolute Gasteiger partial charge is 0.0701 e. The Hall–Kier alpha value is -0.0400. The fourth-order valence-corrected chi connectivity index (χ4v) is 7.52. The molecule has 21 heavy (non-hydrogen) atoms. The van der Waals surface area contributed by atoms with Crippen LogP contribution in [0.4, 0.5) is 0 Å². The number of rotatable bonds is 1. The van der Waals surface area contributed by atoms with Crippen molar-refractivity contribution in [3.8, 4) is 0 Å². The van der Waals surface area contributed by atoms with Gasteiger partial charge in [-0.15, -0.1) is 0 Å². The second-order valence-electron chi connectivity index (χ2n) is 9.10. The fraction of sp³-hybridized carbons (Fsp3) is 1.00. The van der Waals surface area contributed by atoms with Crippen LogP contribution < -0.4 is 0 Å². The van der Waals surface area contributed by atoms with Gasteiger partial charge < -0.3 is 5.11 Å². The topological polar surface area (TPSA) is 20.2 Å². The third-order valence-corrected chi connectivity index (χ3v) is 8.79. The van der Waals surface area contributed by atoms with Crippen molar-refractivity contribution in [1.82, 2.24) is 0 Å². The molecule has 120 valence electrons. The first-order chi connectivity index (χ1) is 10.1. The zero-order chi connectivity index (χ0) is 14.7. The van der Waals surface area contributed by atoms with E-state index in [1.54, 1.807) is 0 Å². The Bertz CT molecular complexity index is 405. The molecule has 4 aliphatic carbocycles. The van der Waals surface area contributed by atoms with Gasteiger partial charge in [0.25, 0.3) is 0 Å². The fourth-order valence-electron chi connectivity index (χ4n) is 7.52. The average molecular weight is 290 g/mol. The van der Waals surface area contributed by atoms with E-state index in [9.17, 15) is 5.11 Å². The molecule has 1 N–H and O–H groups in total. The van der Waals surface area contributed by atoms with E-state index in [-0.39, 0.29) is 11.0 Å². The molecule has 0 heterocycles. The van der Waals surface area contributed by atoms with Crippen molar-refractivity contribution < 1.29 is 5.11 Å². The first-order valence-electron chi connectivity index (χ1n) is 9.81. The summed E-state index contributed by atoms with van der Waals surface area (Å²) in [6.45, 7) is 4.65. The lowest BCUT2D eigenvalue weighted by atomic mass is 9.49. The molecule has 1 unspecified atom stereocenters. The molecule has 0 aromatic rings. The summed E-state index contributed by atoms with van der Waals surface area (Å²) in [4.78, 5) is 0. The molecule has 7 atom stereocenters. The maximum atomic E-state index is 11.2. The summed E-state index contributed by atoms with van der Waals surface area (Å²) in [5, 5.41) is 11.2. The Balaban J connectivity index is 1.60. The van der Waals surface area contributed by atoms with Crippen LogP contribution in [0.3, 0.4) is 0 Å². The minimum Gasteiger partial charge on any atom is -0.389 e. The highest BCUT2D eigenvalue weighted by Gasteiger charge is 2.61. The van der Waals surface area contributed by atoms with E-state index in [1.165, 1.54) is 57.8 Å². The molecule has 0 saturated heterocycles. The zero-order valence-corrected chi connectivity index (χ0v) is 14.1. The van der Waals surface area contributed by atoms with E-state index < -0.39 is 0 Å². The van der Waals surface area contributed by atoms with Crippen LogP contribution in [0.5, 0.6) is 0 Å². The summed E-state index contributed by atoms with van der Waals surface area (Å²) >= 11 is 0. The molecule has 4 saturated carbocycles. The summed E-state index contributed by atoms with van der Waals surface area (Å²) in [5.74, 6) is 4.90. The minimum atomic E-state index is -0.355. The van der Waals surface area contributed by atoms with Crippen molar-refractivity contribution in [2.24, 2.45) is 35.0 Å². The lowest BCUT2D eigenvalue weighted by molar-refractivity contribution is -0.131. The van der Waals surface area contributed by atoms with Gasteiger partial charge in [0.1, 0.15) is 0 Å². The first-order valence-corrected chi connectivity index (χ1v) is 9.81. The van der Waals surface area contributed by atoms with Crippen LogP contribution in [-0.2, 0) is 0 Å². The van der Waals surface area contributed by atoms with Gasteiger partial charge in [0, 0.05) is 0 Å². The molecule has 0 radical (unpaired) electrons. The molecular formula is C20H34O. The molecule has 1 heteroatoms. The Labute approximate surface area is 130 Å². The Kier molecular flexibility index (Phi) is 3.45.